The maximum Gasteiger partial charge on any atom is 0.326 e. The number of esters is 1. The molecular weight excluding hydrogens is 546 g/mol. The zero-order chi connectivity index (χ0) is 32.2. The van der Waals surface area contributed by atoms with Gasteiger partial charge < -0.3 is 24.8 Å². The molecule has 1 fully saturated rings. The highest BCUT2D eigenvalue weighted by atomic mass is 16.6. The average Bonchev–Trinajstić information content (AvgIpc) is 2.85. The molecule has 1 amide bonds. The van der Waals surface area contributed by atoms with Gasteiger partial charge in [0.2, 0.25) is 0 Å². The van der Waals surface area contributed by atoms with Crippen LogP contribution in [0.5, 0.6) is 11.5 Å². The van der Waals surface area contributed by atoms with E-state index in [4.69, 9.17) is 19.9 Å². The van der Waals surface area contributed by atoms with Crippen LogP contribution in [0.15, 0.2) is 48.5 Å². The third-order valence-electron chi connectivity index (χ3n) is 6.58. The van der Waals surface area contributed by atoms with E-state index in [1.165, 1.54) is 4.90 Å². The van der Waals surface area contributed by atoms with Gasteiger partial charge in [-0.3, -0.25) is 19.7 Å². The second-order valence-corrected chi connectivity index (χ2v) is 14.2. The molecule has 2 atom stereocenters. The summed E-state index contributed by atoms with van der Waals surface area (Å²) in [4.78, 5) is 42.4. The van der Waals surface area contributed by atoms with E-state index >= 15 is 0 Å². The van der Waals surface area contributed by atoms with E-state index in [2.05, 4.69) is 5.32 Å². The van der Waals surface area contributed by atoms with Crippen LogP contribution in [0.1, 0.15) is 73.4 Å². The molecule has 2 aromatic rings. The monoisotopic (exact) mass is 595 g/mol. The van der Waals surface area contributed by atoms with Gasteiger partial charge in [-0.25, -0.2) is 0 Å². The summed E-state index contributed by atoms with van der Waals surface area (Å²) in [7, 11) is 0. The second-order valence-electron chi connectivity index (χ2n) is 14.2. The first-order chi connectivity index (χ1) is 19.8. The molecule has 0 bridgehead atoms. The van der Waals surface area contributed by atoms with Crippen LogP contribution in [-0.4, -0.2) is 70.6 Å². The molecular formula is C34H49N3O6. The van der Waals surface area contributed by atoms with E-state index in [0.717, 1.165) is 11.1 Å². The fraction of sp³-hybridized carbons (Fsp3) is 0.559. The van der Waals surface area contributed by atoms with Crippen LogP contribution < -0.4 is 20.5 Å². The molecule has 0 radical (unpaired) electrons. The van der Waals surface area contributed by atoms with Crippen molar-refractivity contribution in [3.63, 3.8) is 0 Å². The summed E-state index contributed by atoms with van der Waals surface area (Å²) in [6.45, 7) is 17.4. The van der Waals surface area contributed by atoms with Gasteiger partial charge in [-0.15, -0.1) is 0 Å². The van der Waals surface area contributed by atoms with Crippen LogP contribution in [0, 0.1) is 0 Å². The molecule has 0 aromatic heterocycles. The van der Waals surface area contributed by atoms with Gasteiger partial charge in [0, 0.05) is 19.5 Å². The Labute approximate surface area is 256 Å². The van der Waals surface area contributed by atoms with Gasteiger partial charge in [-0.2, -0.15) is 0 Å². The fourth-order valence-corrected chi connectivity index (χ4v) is 4.99. The molecule has 2 aromatic carbocycles. The molecule has 1 aliphatic rings. The Morgan fingerprint density at radius 1 is 0.837 bits per heavy atom. The number of carbonyl (C=O) groups is 3. The number of nitrogens with one attached hydrogen (secondary N) is 1. The summed E-state index contributed by atoms with van der Waals surface area (Å²) in [5.74, 6) is -0.0600. The lowest BCUT2D eigenvalue weighted by Crippen LogP contribution is -2.72. The molecule has 3 N–H and O–H groups in total. The number of carbonyl (C=O) groups excluding carboxylic acids is 3. The normalized spacial score (nSPS) is 18.7. The van der Waals surface area contributed by atoms with Crippen molar-refractivity contribution in [2.45, 2.75) is 104 Å². The zero-order valence-corrected chi connectivity index (χ0v) is 27.2. The lowest BCUT2D eigenvalue weighted by atomic mass is 9.79. The Bertz CT molecular complexity index is 1270. The molecule has 43 heavy (non-hydrogen) atoms. The molecule has 3 rings (SSSR count). The smallest absolute Gasteiger partial charge is 0.326 e. The predicted molar refractivity (Wildman–Crippen MR) is 167 cm³/mol. The molecule has 1 aliphatic heterocycles. The maximum atomic E-state index is 14.2. The topological polar surface area (TPSA) is 120 Å². The molecule has 236 valence electrons. The summed E-state index contributed by atoms with van der Waals surface area (Å²) in [5, 5.41) is 3.21. The van der Waals surface area contributed by atoms with E-state index in [-0.39, 0.29) is 37.1 Å². The lowest BCUT2D eigenvalue weighted by molar-refractivity contribution is -0.162. The number of ether oxygens (including phenoxy) is 3. The molecule has 0 spiro atoms. The fourth-order valence-electron chi connectivity index (χ4n) is 4.99. The first-order valence-corrected chi connectivity index (χ1v) is 14.9. The second kappa shape index (κ2) is 13.1. The molecule has 0 aliphatic carbocycles. The van der Waals surface area contributed by atoms with Gasteiger partial charge >= 0.3 is 5.97 Å². The molecule has 9 nitrogen and oxygen atoms in total. The van der Waals surface area contributed by atoms with Gasteiger partial charge in [-0.1, -0.05) is 24.3 Å². The largest absolute Gasteiger partial charge is 0.488 e. The number of nitrogens with two attached hydrogens (primary N) is 1. The Hall–Kier alpha value is -3.43. The third kappa shape index (κ3) is 10.1. The van der Waals surface area contributed by atoms with E-state index < -0.39 is 34.8 Å². The summed E-state index contributed by atoms with van der Waals surface area (Å²) >= 11 is 0. The van der Waals surface area contributed by atoms with Gasteiger partial charge in [0.05, 0.1) is 6.04 Å². The van der Waals surface area contributed by atoms with Gasteiger partial charge in [0.1, 0.15) is 34.8 Å². The van der Waals surface area contributed by atoms with E-state index in [1.807, 2.05) is 90.1 Å². The number of Topliss-reactive ketones (excluding diaryl/α,β-unsaturated/α-hetero) is 1. The van der Waals surface area contributed by atoms with Crippen molar-refractivity contribution >= 4 is 17.7 Å². The number of amides is 1. The van der Waals surface area contributed by atoms with Crippen molar-refractivity contribution in [2.24, 2.45) is 5.73 Å². The summed E-state index contributed by atoms with van der Waals surface area (Å²) in [5.41, 5.74) is 5.08. The van der Waals surface area contributed by atoms with Crippen LogP contribution >= 0.6 is 0 Å². The Morgan fingerprint density at radius 2 is 1.33 bits per heavy atom. The highest BCUT2D eigenvalue weighted by Crippen LogP contribution is 2.27. The van der Waals surface area contributed by atoms with Crippen molar-refractivity contribution < 1.29 is 28.6 Å². The van der Waals surface area contributed by atoms with Crippen LogP contribution in [0.2, 0.25) is 0 Å². The first kappa shape index (κ1) is 34.1. The van der Waals surface area contributed by atoms with Crippen molar-refractivity contribution in [3.05, 3.63) is 59.7 Å². The van der Waals surface area contributed by atoms with Gasteiger partial charge in [-0.05, 0) is 104 Å². The van der Waals surface area contributed by atoms with Crippen LogP contribution in [0.25, 0.3) is 0 Å². The molecule has 1 saturated heterocycles. The number of benzene rings is 2. The SMILES string of the molecule is CC(C)(C)OC(=O)CN1CCNC(Cc2ccc(OC(C)(C)C)cc2)(C(=O)[C@@H](N)Cc2ccc(OC(C)(C)C)cc2)C1=O. The van der Waals surface area contributed by atoms with Crippen molar-refractivity contribution in [1.82, 2.24) is 10.2 Å². The Morgan fingerprint density at radius 3 is 1.79 bits per heavy atom. The number of piperazine rings is 1. The standard InChI is InChI=1S/C34H49N3O6/c1-31(2,3)41-25-14-10-23(11-15-25)20-27(35)29(39)34(21-24-12-16-26(17-13-24)42-32(4,5)6)30(40)37(19-18-36-34)22-28(38)43-33(7,8)9/h10-17,27,36H,18-22,35H2,1-9H3/t27-,34?/m0/s1. The van der Waals surface area contributed by atoms with E-state index in [1.54, 1.807) is 20.8 Å². The van der Waals surface area contributed by atoms with Crippen LogP contribution in [0.3, 0.4) is 0 Å². The summed E-state index contributed by atoms with van der Waals surface area (Å²) < 4.78 is 17.3. The zero-order valence-electron chi connectivity index (χ0n) is 27.2. The summed E-state index contributed by atoms with van der Waals surface area (Å²) in [6, 6.07) is 13.8. The van der Waals surface area contributed by atoms with E-state index in [0.29, 0.717) is 18.0 Å². The Kier molecular flexibility index (Phi) is 10.3. The number of nitrogens with zero attached hydrogens (tertiary/aromatic N) is 1. The number of hydrogen-bond donors (Lipinski definition) is 2. The maximum absolute atomic E-state index is 14.2. The van der Waals surface area contributed by atoms with Crippen molar-refractivity contribution in [1.29, 1.82) is 0 Å². The van der Waals surface area contributed by atoms with Gasteiger partial charge in [0.25, 0.3) is 5.91 Å². The minimum atomic E-state index is -1.65. The van der Waals surface area contributed by atoms with E-state index in [9.17, 15) is 14.4 Å². The van der Waals surface area contributed by atoms with Crippen molar-refractivity contribution in [3.8, 4) is 11.5 Å². The average molecular weight is 596 g/mol. The molecule has 1 heterocycles. The minimum absolute atomic E-state index is 0.0668. The molecule has 0 saturated carbocycles. The Balaban J connectivity index is 1.89. The van der Waals surface area contributed by atoms with Crippen molar-refractivity contribution in [2.75, 3.05) is 19.6 Å². The summed E-state index contributed by atoms with van der Waals surface area (Å²) in [6.07, 6.45) is 0.299. The quantitative estimate of drug-likeness (QED) is 0.309. The van der Waals surface area contributed by atoms with Crippen LogP contribution in [-0.2, 0) is 32.0 Å². The lowest BCUT2D eigenvalue weighted by Gasteiger charge is -2.42. The number of hydrogen-bond acceptors (Lipinski definition) is 8. The molecule has 9 heteroatoms. The third-order valence-corrected chi connectivity index (χ3v) is 6.58. The molecule has 1 unspecified atom stereocenters. The van der Waals surface area contributed by atoms with Gasteiger partial charge in [0.15, 0.2) is 11.3 Å². The number of ketones is 1. The highest BCUT2D eigenvalue weighted by Gasteiger charge is 2.51. The number of rotatable bonds is 10. The van der Waals surface area contributed by atoms with Crippen LogP contribution in [0.4, 0.5) is 0 Å². The minimum Gasteiger partial charge on any atom is -0.488 e. The predicted octanol–water partition coefficient (Wildman–Crippen LogP) is 4.24. The highest BCUT2D eigenvalue weighted by molar-refractivity contribution is 6.13. The first-order valence-electron chi connectivity index (χ1n) is 14.9.